The number of ether oxygens (including phenoxy) is 1. The lowest BCUT2D eigenvalue weighted by Gasteiger charge is -2.08. The number of imidazole rings is 1. The maximum Gasteiger partial charge on any atom is 0.307 e. The molecule has 7 heteroatoms. The lowest BCUT2D eigenvalue weighted by molar-refractivity contribution is -0.136. The number of aromatic nitrogens is 2. The van der Waals surface area contributed by atoms with Crippen molar-refractivity contribution < 1.29 is 19.4 Å². The highest BCUT2D eigenvalue weighted by molar-refractivity contribution is 5.95. The van der Waals surface area contributed by atoms with Gasteiger partial charge in [-0.25, -0.2) is 4.98 Å². The highest BCUT2D eigenvalue weighted by Gasteiger charge is 2.18. The Morgan fingerprint density at radius 2 is 2.00 bits per heavy atom. The van der Waals surface area contributed by atoms with E-state index in [1.165, 1.54) is 0 Å². The van der Waals surface area contributed by atoms with E-state index in [9.17, 15) is 9.59 Å². The van der Waals surface area contributed by atoms with Gasteiger partial charge < -0.3 is 15.2 Å². The van der Waals surface area contributed by atoms with Crippen LogP contribution in [-0.2, 0) is 17.8 Å². The van der Waals surface area contributed by atoms with Crippen molar-refractivity contribution in [1.29, 1.82) is 0 Å². The van der Waals surface area contributed by atoms with Gasteiger partial charge in [-0.3, -0.25) is 14.0 Å². The van der Waals surface area contributed by atoms with Crippen LogP contribution in [0.1, 0.15) is 34.2 Å². The van der Waals surface area contributed by atoms with E-state index in [0.717, 1.165) is 5.56 Å². The number of pyridine rings is 1. The molecule has 0 spiro atoms. The molecule has 0 bridgehead atoms. The Balaban J connectivity index is 1.80. The van der Waals surface area contributed by atoms with Gasteiger partial charge in [-0.2, -0.15) is 0 Å². The van der Waals surface area contributed by atoms with Crippen molar-refractivity contribution in [2.24, 2.45) is 0 Å². The maximum atomic E-state index is 12.7. The molecular weight excluding hydrogens is 346 g/mol. The number of nitrogens with zero attached hydrogens (tertiary/aromatic N) is 2. The molecule has 0 aliphatic heterocycles. The summed E-state index contributed by atoms with van der Waals surface area (Å²) in [6.07, 6.45) is 1.73. The minimum atomic E-state index is -0.886. The average Bonchev–Trinajstić information content (AvgIpc) is 2.97. The van der Waals surface area contributed by atoms with Crippen molar-refractivity contribution >= 4 is 17.5 Å². The van der Waals surface area contributed by atoms with Crippen molar-refractivity contribution in [2.45, 2.75) is 26.8 Å². The predicted octanol–water partition coefficient (Wildman–Crippen LogP) is 2.60. The number of nitrogens with one attached hydrogen (secondary N) is 1. The van der Waals surface area contributed by atoms with Crippen molar-refractivity contribution in [2.75, 3.05) is 6.61 Å². The van der Waals surface area contributed by atoms with Crippen molar-refractivity contribution in [3.8, 4) is 5.75 Å². The van der Waals surface area contributed by atoms with Crippen LogP contribution in [0.4, 0.5) is 0 Å². The number of fused-ring (bicyclic) bond motifs is 1. The first-order valence-electron chi connectivity index (χ1n) is 8.68. The fourth-order valence-corrected chi connectivity index (χ4v) is 2.99. The predicted molar refractivity (Wildman–Crippen MR) is 100 cm³/mol. The third-order valence-electron chi connectivity index (χ3n) is 4.10. The third-order valence-corrected chi connectivity index (χ3v) is 4.10. The highest BCUT2D eigenvalue weighted by atomic mass is 16.5. The average molecular weight is 367 g/mol. The number of hydrogen-bond acceptors (Lipinski definition) is 4. The largest absolute Gasteiger partial charge is 0.490 e. The molecule has 0 fully saturated rings. The van der Waals surface area contributed by atoms with Gasteiger partial charge in [-0.1, -0.05) is 24.3 Å². The molecule has 7 nitrogen and oxygen atoms in total. The molecule has 3 aromatic rings. The second-order valence-corrected chi connectivity index (χ2v) is 6.12. The van der Waals surface area contributed by atoms with E-state index in [0.29, 0.717) is 41.5 Å². The van der Waals surface area contributed by atoms with E-state index in [1.807, 2.05) is 25.1 Å². The Morgan fingerprint density at radius 1 is 1.22 bits per heavy atom. The van der Waals surface area contributed by atoms with E-state index >= 15 is 0 Å². The first-order chi connectivity index (χ1) is 13.0. The summed E-state index contributed by atoms with van der Waals surface area (Å²) in [5, 5.41) is 11.8. The van der Waals surface area contributed by atoms with Crippen LogP contribution in [0.2, 0.25) is 0 Å². The van der Waals surface area contributed by atoms with E-state index < -0.39 is 5.97 Å². The third kappa shape index (κ3) is 4.08. The van der Waals surface area contributed by atoms with Gasteiger partial charge in [0.1, 0.15) is 5.69 Å². The monoisotopic (exact) mass is 367 g/mol. The van der Waals surface area contributed by atoms with E-state index in [4.69, 9.17) is 9.84 Å². The van der Waals surface area contributed by atoms with Gasteiger partial charge in [-0.15, -0.1) is 0 Å². The molecule has 27 heavy (non-hydrogen) atoms. The second kappa shape index (κ2) is 7.90. The molecule has 2 heterocycles. The number of benzene rings is 1. The van der Waals surface area contributed by atoms with Crippen LogP contribution in [0.25, 0.3) is 5.65 Å². The Morgan fingerprint density at radius 3 is 2.74 bits per heavy atom. The number of rotatable bonds is 7. The van der Waals surface area contributed by atoms with Crippen molar-refractivity contribution in [3.63, 3.8) is 0 Å². The molecule has 0 aliphatic rings. The Bertz CT molecular complexity index is 994. The zero-order valence-electron chi connectivity index (χ0n) is 15.2. The second-order valence-electron chi connectivity index (χ2n) is 6.12. The normalized spacial score (nSPS) is 10.7. The molecule has 0 aliphatic carbocycles. The molecule has 0 unspecified atom stereocenters. The van der Waals surface area contributed by atoms with Gasteiger partial charge >= 0.3 is 5.97 Å². The summed E-state index contributed by atoms with van der Waals surface area (Å²) in [4.78, 5) is 28.1. The zero-order valence-corrected chi connectivity index (χ0v) is 15.2. The minimum Gasteiger partial charge on any atom is -0.490 e. The van der Waals surface area contributed by atoms with Crippen LogP contribution in [0.15, 0.2) is 42.6 Å². The lowest BCUT2D eigenvalue weighted by Crippen LogP contribution is -2.25. The molecule has 1 aromatic carbocycles. The number of amides is 1. The van der Waals surface area contributed by atoms with Crippen LogP contribution in [0, 0.1) is 6.92 Å². The van der Waals surface area contributed by atoms with E-state index in [1.54, 1.807) is 35.7 Å². The van der Waals surface area contributed by atoms with Crippen molar-refractivity contribution in [1.82, 2.24) is 14.7 Å². The summed E-state index contributed by atoms with van der Waals surface area (Å²) in [7, 11) is 0. The molecule has 2 aromatic heterocycles. The Kier molecular flexibility index (Phi) is 5.40. The molecule has 0 radical (unpaired) electrons. The number of aryl methyl sites for hydroxylation is 1. The summed E-state index contributed by atoms with van der Waals surface area (Å²) in [6, 6.07) is 10.8. The number of carbonyl (C=O) groups excluding carboxylic acids is 1. The molecule has 0 saturated heterocycles. The van der Waals surface area contributed by atoms with Crippen molar-refractivity contribution in [3.05, 3.63) is 65.1 Å². The summed E-state index contributed by atoms with van der Waals surface area (Å²) in [5.74, 6) is -0.511. The van der Waals surface area contributed by atoms with Crippen LogP contribution in [0.3, 0.4) is 0 Å². The number of aliphatic carboxylic acids is 1. The van der Waals surface area contributed by atoms with Gasteiger partial charge in [-0.05, 0) is 37.1 Å². The fraction of sp³-hybridized carbons (Fsp3) is 0.250. The van der Waals surface area contributed by atoms with Crippen LogP contribution < -0.4 is 10.1 Å². The van der Waals surface area contributed by atoms with Crippen LogP contribution >= 0.6 is 0 Å². The lowest BCUT2D eigenvalue weighted by atomic mass is 10.1. The fourth-order valence-electron chi connectivity index (χ4n) is 2.99. The summed E-state index contributed by atoms with van der Waals surface area (Å²) in [5.41, 5.74) is 3.20. The summed E-state index contributed by atoms with van der Waals surface area (Å²) in [6.45, 7) is 4.49. The Hall–Kier alpha value is -3.35. The first kappa shape index (κ1) is 18.4. The smallest absolute Gasteiger partial charge is 0.307 e. The highest BCUT2D eigenvalue weighted by Crippen LogP contribution is 2.22. The first-order valence-corrected chi connectivity index (χ1v) is 8.68. The molecule has 2 N–H and O–H groups in total. The minimum absolute atomic E-state index is 0.0473. The maximum absolute atomic E-state index is 12.7. The van der Waals surface area contributed by atoms with Gasteiger partial charge in [0, 0.05) is 12.7 Å². The van der Waals surface area contributed by atoms with Gasteiger partial charge in [0.2, 0.25) is 0 Å². The molecule has 1 amide bonds. The molecule has 3 rings (SSSR count). The van der Waals surface area contributed by atoms with Gasteiger partial charge in [0.15, 0.2) is 11.4 Å². The van der Waals surface area contributed by atoms with Crippen LogP contribution in [0.5, 0.6) is 5.75 Å². The number of hydrogen-bond donors (Lipinski definition) is 2. The number of carboxylic acid groups (broad SMARTS) is 1. The quantitative estimate of drug-likeness (QED) is 0.670. The zero-order chi connectivity index (χ0) is 19.4. The Labute approximate surface area is 156 Å². The summed E-state index contributed by atoms with van der Waals surface area (Å²) < 4.78 is 7.30. The SMILES string of the molecule is CCOc1cccn2c(C(=O)NCc3cccc(CC(=O)O)c3)c(C)nc12. The van der Waals surface area contributed by atoms with E-state index in [2.05, 4.69) is 10.3 Å². The molecule has 140 valence electrons. The topological polar surface area (TPSA) is 92.9 Å². The molecule has 0 atom stereocenters. The molecule has 0 saturated carbocycles. The van der Waals surface area contributed by atoms with E-state index in [-0.39, 0.29) is 12.3 Å². The number of carboxylic acids is 1. The van der Waals surface area contributed by atoms with Gasteiger partial charge in [0.05, 0.1) is 18.7 Å². The summed E-state index contributed by atoms with van der Waals surface area (Å²) >= 11 is 0. The van der Waals surface area contributed by atoms with Crippen LogP contribution in [-0.4, -0.2) is 33.0 Å². The number of carbonyl (C=O) groups is 2. The standard InChI is InChI=1S/C20H21N3O4/c1-3-27-16-8-5-9-23-18(13(2)22-19(16)23)20(26)21-12-15-7-4-6-14(10-15)11-17(24)25/h4-10H,3,11-12H2,1-2H3,(H,21,26)(H,24,25). The van der Waals surface area contributed by atoms with Gasteiger partial charge in [0.25, 0.3) is 5.91 Å². The molecular formula is C20H21N3O4.